The lowest BCUT2D eigenvalue weighted by atomic mass is 10.1. The van der Waals surface area contributed by atoms with E-state index in [0.717, 1.165) is 12.0 Å². The Hall–Kier alpha value is -1.82. The van der Waals surface area contributed by atoms with Gasteiger partial charge in [0.1, 0.15) is 0 Å². The van der Waals surface area contributed by atoms with Gasteiger partial charge in [0.25, 0.3) is 0 Å². The minimum atomic E-state index is 0.0728. The van der Waals surface area contributed by atoms with Crippen molar-refractivity contribution >= 4 is 5.91 Å². The number of benzene rings is 1. The zero-order chi connectivity index (χ0) is 13.1. The van der Waals surface area contributed by atoms with Gasteiger partial charge >= 0.3 is 0 Å². The van der Waals surface area contributed by atoms with Crippen molar-refractivity contribution < 1.29 is 4.79 Å². The minimum absolute atomic E-state index is 0.0728. The molecule has 0 heterocycles. The molecule has 1 N–H and O–H groups in total. The predicted molar refractivity (Wildman–Crippen MR) is 69.5 cm³/mol. The maximum absolute atomic E-state index is 10.9. The maximum atomic E-state index is 10.9. The highest BCUT2D eigenvalue weighted by atomic mass is 16.1. The molecule has 1 aromatic carbocycles. The van der Waals surface area contributed by atoms with Gasteiger partial charge in [-0.05, 0) is 24.1 Å². The van der Waals surface area contributed by atoms with E-state index in [4.69, 9.17) is 5.26 Å². The number of amides is 1. The summed E-state index contributed by atoms with van der Waals surface area (Å²) in [5, 5.41) is 11.4. The first-order valence-electron chi connectivity index (χ1n) is 6.02. The van der Waals surface area contributed by atoms with Gasteiger partial charge in [-0.15, -0.1) is 0 Å². The van der Waals surface area contributed by atoms with Gasteiger partial charge < -0.3 is 5.32 Å². The lowest BCUT2D eigenvalue weighted by Crippen LogP contribution is -2.24. The Labute approximate surface area is 103 Å². The van der Waals surface area contributed by atoms with Crippen molar-refractivity contribution in [1.82, 2.24) is 5.32 Å². The number of nitriles is 1. The van der Waals surface area contributed by atoms with E-state index in [0.29, 0.717) is 18.5 Å². The second kappa shape index (κ2) is 9.41. The average Bonchev–Trinajstić information content (AvgIpc) is 2.41. The van der Waals surface area contributed by atoms with Crippen LogP contribution in [0, 0.1) is 11.3 Å². The van der Waals surface area contributed by atoms with Crippen LogP contribution in [0.3, 0.4) is 0 Å². The molecule has 0 aliphatic heterocycles. The van der Waals surface area contributed by atoms with Gasteiger partial charge in [0.15, 0.2) is 0 Å². The van der Waals surface area contributed by atoms with Crippen LogP contribution >= 0.6 is 0 Å². The van der Waals surface area contributed by atoms with Crippen LogP contribution in [-0.2, 0) is 11.2 Å². The van der Waals surface area contributed by atoms with E-state index < -0.39 is 0 Å². The molecular weight excluding hydrogens is 212 g/mol. The molecule has 0 fully saturated rings. The first-order chi connectivity index (χ1) is 8.26. The summed E-state index contributed by atoms with van der Waals surface area (Å²) in [6.45, 7) is 6.48. The summed E-state index contributed by atoms with van der Waals surface area (Å²) in [4.78, 5) is 10.9. The van der Waals surface area contributed by atoms with Crippen LogP contribution < -0.4 is 5.32 Å². The lowest BCUT2D eigenvalue weighted by molar-refractivity contribution is -0.120. The van der Waals surface area contributed by atoms with Gasteiger partial charge in [-0.25, -0.2) is 0 Å². The smallest absolute Gasteiger partial charge is 0.219 e. The quantitative estimate of drug-likeness (QED) is 0.867. The molecule has 0 unspecified atom stereocenters. The number of rotatable bonds is 4. The molecule has 0 aliphatic carbocycles. The van der Waals surface area contributed by atoms with Gasteiger partial charge in [-0.1, -0.05) is 32.9 Å². The monoisotopic (exact) mass is 232 g/mol. The number of hydrogen-bond donors (Lipinski definition) is 1. The molecule has 0 bridgehead atoms. The standard InChI is InChI=1S/C12H14N2O.C2H6/c1-2-12(15)14-8-7-10-3-5-11(9-13)6-4-10;1-2/h3-6H,2,7-8H2,1H3,(H,14,15);1-2H3. The SMILES string of the molecule is CC.CCC(=O)NCCc1ccc(C#N)cc1. The van der Waals surface area contributed by atoms with Crippen molar-refractivity contribution in [3.05, 3.63) is 35.4 Å². The van der Waals surface area contributed by atoms with Gasteiger partial charge in [0.2, 0.25) is 5.91 Å². The molecule has 0 radical (unpaired) electrons. The van der Waals surface area contributed by atoms with Crippen LogP contribution in [0.15, 0.2) is 24.3 Å². The van der Waals surface area contributed by atoms with Crippen LogP contribution in [0.25, 0.3) is 0 Å². The van der Waals surface area contributed by atoms with Crippen molar-refractivity contribution in [1.29, 1.82) is 5.26 Å². The fraction of sp³-hybridized carbons (Fsp3) is 0.429. The molecule has 92 valence electrons. The molecule has 0 spiro atoms. The van der Waals surface area contributed by atoms with Crippen molar-refractivity contribution in [2.24, 2.45) is 0 Å². The Morgan fingerprint density at radius 3 is 2.35 bits per heavy atom. The van der Waals surface area contributed by atoms with Gasteiger partial charge in [0.05, 0.1) is 11.6 Å². The highest BCUT2D eigenvalue weighted by molar-refractivity contribution is 5.75. The number of hydrogen-bond acceptors (Lipinski definition) is 2. The molecule has 3 heteroatoms. The third-order valence-electron chi connectivity index (χ3n) is 2.14. The lowest BCUT2D eigenvalue weighted by Gasteiger charge is -2.03. The summed E-state index contributed by atoms with van der Waals surface area (Å²) in [7, 11) is 0. The zero-order valence-electron chi connectivity index (χ0n) is 10.8. The first-order valence-corrected chi connectivity index (χ1v) is 6.02. The van der Waals surface area contributed by atoms with E-state index in [1.54, 1.807) is 12.1 Å². The van der Waals surface area contributed by atoms with Gasteiger partial charge in [0, 0.05) is 13.0 Å². The summed E-state index contributed by atoms with van der Waals surface area (Å²) < 4.78 is 0. The molecule has 0 saturated heterocycles. The molecule has 0 aliphatic rings. The topological polar surface area (TPSA) is 52.9 Å². The van der Waals surface area contributed by atoms with E-state index in [1.165, 1.54) is 0 Å². The van der Waals surface area contributed by atoms with E-state index in [1.807, 2.05) is 32.9 Å². The van der Waals surface area contributed by atoms with Crippen molar-refractivity contribution in [3.8, 4) is 6.07 Å². The van der Waals surface area contributed by atoms with Crippen LogP contribution in [0.1, 0.15) is 38.3 Å². The van der Waals surface area contributed by atoms with E-state index in [9.17, 15) is 4.79 Å². The van der Waals surface area contributed by atoms with E-state index in [2.05, 4.69) is 11.4 Å². The maximum Gasteiger partial charge on any atom is 0.219 e. The summed E-state index contributed by atoms with van der Waals surface area (Å²) in [5.74, 6) is 0.0728. The Balaban J connectivity index is 0.00000121. The van der Waals surface area contributed by atoms with Crippen LogP contribution in [-0.4, -0.2) is 12.5 Å². The number of carbonyl (C=O) groups is 1. The van der Waals surface area contributed by atoms with Crippen molar-refractivity contribution in [3.63, 3.8) is 0 Å². The van der Waals surface area contributed by atoms with Crippen LogP contribution in [0.5, 0.6) is 0 Å². The molecule has 17 heavy (non-hydrogen) atoms. The molecule has 1 rings (SSSR count). The van der Waals surface area contributed by atoms with Crippen molar-refractivity contribution in [2.75, 3.05) is 6.54 Å². The molecule has 0 saturated carbocycles. The van der Waals surface area contributed by atoms with Crippen molar-refractivity contribution in [2.45, 2.75) is 33.6 Å². The molecule has 1 aromatic rings. The van der Waals surface area contributed by atoms with Gasteiger partial charge in [-0.3, -0.25) is 4.79 Å². The summed E-state index contributed by atoms with van der Waals surface area (Å²) in [6, 6.07) is 9.47. The number of nitrogens with zero attached hydrogens (tertiary/aromatic N) is 1. The summed E-state index contributed by atoms with van der Waals surface area (Å²) >= 11 is 0. The van der Waals surface area contributed by atoms with E-state index in [-0.39, 0.29) is 5.91 Å². The highest BCUT2D eigenvalue weighted by Gasteiger charge is 1.97. The number of nitrogens with one attached hydrogen (secondary N) is 1. The predicted octanol–water partition coefficient (Wildman–Crippen LogP) is 2.65. The second-order valence-corrected chi connectivity index (χ2v) is 3.26. The molecular formula is C14H20N2O. The Kier molecular flexibility index (Phi) is 8.40. The zero-order valence-corrected chi connectivity index (χ0v) is 10.8. The molecule has 0 aromatic heterocycles. The molecule has 0 atom stereocenters. The summed E-state index contributed by atoms with van der Waals surface area (Å²) in [5.41, 5.74) is 1.79. The van der Waals surface area contributed by atoms with Gasteiger partial charge in [-0.2, -0.15) is 5.26 Å². The summed E-state index contributed by atoms with van der Waals surface area (Å²) in [6.07, 6.45) is 1.32. The van der Waals surface area contributed by atoms with E-state index >= 15 is 0 Å². The van der Waals surface area contributed by atoms with Crippen LogP contribution in [0.2, 0.25) is 0 Å². The first kappa shape index (κ1) is 15.2. The Morgan fingerprint density at radius 2 is 1.88 bits per heavy atom. The molecule has 1 amide bonds. The van der Waals surface area contributed by atoms with Crippen LogP contribution in [0.4, 0.5) is 0 Å². The Morgan fingerprint density at radius 1 is 1.29 bits per heavy atom. The fourth-order valence-electron chi connectivity index (χ4n) is 1.22. The average molecular weight is 232 g/mol. The second-order valence-electron chi connectivity index (χ2n) is 3.26. The minimum Gasteiger partial charge on any atom is -0.356 e. The number of carbonyl (C=O) groups excluding carboxylic acids is 1. The highest BCUT2D eigenvalue weighted by Crippen LogP contribution is 2.03. The largest absolute Gasteiger partial charge is 0.356 e. The molecule has 3 nitrogen and oxygen atoms in total. The Bertz CT molecular complexity index is 363. The fourth-order valence-corrected chi connectivity index (χ4v) is 1.22. The third kappa shape index (κ3) is 6.36. The third-order valence-corrected chi connectivity index (χ3v) is 2.14. The normalized spacial score (nSPS) is 8.59.